The molecule has 0 spiro atoms. The summed E-state index contributed by atoms with van der Waals surface area (Å²) in [5.74, 6) is 1.02. The number of hydrogen-bond donors (Lipinski definition) is 2. The molecule has 106 valence electrons. The van der Waals surface area contributed by atoms with E-state index in [2.05, 4.69) is 29.1 Å². The van der Waals surface area contributed by atoms with E-state index in [9.17, 15) is 4.79 Å². The van der Waals surface area contributed by atoms with Gasteiger partial charge in [0.25, 0.3) is 0 Å². The Labute approximate surface area is 119 Å². The van der Waals surface area contributed by atoms with Crippen LogP contribution >= 0.6 is 0 Å². The maximum atomic E-state index is 12.5. The van der Waals surface area contributed by atoms with Gasteiger partial charge in [0.05, 0.1) is 12.5 Å². The van der Waals surface area contributed by atoms with Gasteiger partial charge in [0.1, 0.15) is 5.82 Å². The van der Waals surface area contributed by atoms with Crippen LogP contribution < -0.4 is 5.32 Å². The van der Waals surface area contributed by atoms with E-state index in [0.717, 1.165) is 17.8 Å². The molecule has 0 aliphatic carbocycles. The lowest BCUT2D eigenvalue weighted by molar-refractivity contribution is -0.123. The fourth-order valence-electron chi connectivity index (χ4n) is 2.31. The van der Waals surface area contributed by atoms with Gasteiger partial charge in [-0.25, -0.2) is 4.98 Å². The average Bonchev–Trinajstić information content (AvgIpc) is 2.99. The summed E-state index contributed by atoms with van der Waals surface area (Å²) in [6.07, 6.45) is 4.41. The van der Waals surface area contributed by atoms with E-state index in [1.807, 2.05) is 30.3 Å². The summed E-state index contributed by atoms with van der Waals surface area (Å²) in [7, 11) is 0. The van der Waals surface area contributed by atoms with Crippen molar-refractivity contribution in [3.8, 4) is 0 Å². The zero-order valence-electron chi connectivity index (χ0n) is 12.0. The summed E-state index contributed by atoms with van der Waals surface area (Å²) in [5, 5.41) is 2.97. The van der Waals surface area contributed by atoms with E-state index in [1.54, 1.807) is 12.4 Å². The topological polar surface area (TPSA) is 57.8 Å². The van der Waals surface area contributed by atoms with Crippen LogP contribution in [0.1, 0.15) is 37.6 Å². The first-order chi connectivity index (χ1) is 9.72. The molecule has 2 N–H and O–H groups in total. The first-order valence-corrected chi connectivity index (χ1v) is 7.03. The van der Waals surface area contributed by atoms with Gasteiger partial charge in [0, 0.05) is 12.4 Å². The number of nitrogens with one attached hydrogen (secondary N) is 2. The predicted molar refractivity (Wildman–Crippen MR) is 79.1 cm³/mol. The molecule has 1 heterocycles. The lowest BCUT2D eigenvalue weighted by Gasteiger charge is -2.22. The minimum Gasteiger partial charge on any atom is -0.348 e. The largest absolute Gasteiger partial charge is 0.348 e. The highest BCUT2D eigenvalue weighted by molar-refractivity contribution is 5.83. The van der Waals surface area contributed by atoms with Crippen LogP contribution in [0.3, 0.4) is 0 Å². The predicted octanol–water partition coefficient (Wildman–Crippen LogP) is 2.86. The molecule has 1 amide bonds. The van der Waals surface area contributed by atoms with Crippen LogP contribution in [-0.2, 0) is 11.3 Å². The Morgan fingerprint density at radius 2 is 2.10 bits per heavy atom. The molecular weight excluding hydrogens is 250 g/mol. The molecule has 1 aromatic heterocycles. The number of hydrogen-bond acceptors (Lipinski definition) is 2. The lowest BCUT2D eigenvalue weighted by Crippen LogP contribution is -2.32. The molecule has 20 heavy (non-hydrogen) atoms. The SMILES string of the molecule is CCC(C)C(C(=O)NCc1ncc[nH]1)c1ccccc1. The Hall–Kier alpha value is -2.10. The number of carbonyl (C=O) groups excluding carboxylic acids is 1. The van der Waals surface area contributed by atoms with Gasteiger partial charge in [-0.3, -0.25) is 4.79 Å². The minimum atomic E-state index is -0.115. The Morgan fingerprint density at radius 3 is 2.70 bits per heavy atom. The fraction of sp³-hybridized carbons (Fsp3) is 0.375. The zero-order valence-corrected chi connectivity index (χ0v) is 12.0. The number of H-pyrrole nitrogens is 1. The van der Waals surface area contributed by atoms with Crippen LogP contribution in [0.25, 0.3) is 0 Å². The second kappa shape index (κ2) is 6.89. The van der Waals surface area contributed by atoms with E-state index >= 15 is 0 Å². The number of carbonyl (C=O) groups is 1. The van der Waals surface area contributed by atoms with Crippen LogP contribution in [0.5, 0.6) is 0 Å². The van der Waals surface area contributed by atoms with Crippen molar-refractivity contribution < 1.29 is 4.79 Å². The van der Waals surface area contributed by atoms with Gasteiger partial charge in [0.2, 0.25) is 5.91 Å². The molecule has 2 aromatic rings. The molecule has 2 atom stereocenters. The number of aromatic amines is 1. The minimum absolute atomic E-state index is 0.0574. The van der Waals surface area contributed by atoms with Crippen LogP contribution in [0.2, 0.25) is 0 Å². The average molecular weight is 271 g/mol. The summed E-state index contributed by atoms with van der Waals surface area (Å²) in [6.45, 7) is 4.66. The van der Waals surface area contributed by atoms with Crippen molar-refractivity contribution in [3.63, 3.8) is 0 Å². The number of amides is 1. The molecule has 0 fully saturated rings. The molecule has 0 saturated heterocycles. The molecule has 0 radical (unpaired) electrons. The number of imidazole rings is 1. The fourth-order valence-corrected chi connectivity index (χ4v) is 2.31. The van der Waals surface area contributed by atoms with Crippen LogP contribution in [0, 0.1) is 5.92 Å². The molecule has 2 unspecified atom stereocenters. The highest BCUT2D eigenvalue weighted by atomic mass is 16.1. The monoisotopic (exact) mass is 271 g/mol. The molecule has 0 saturated carbocycles. The van der Waals surface area contributed by atoms with Crippen molar-refractivity contribution in [3.05, 3.63) is 54.1 Å². The standard InChI is InChI=1S/C16H21N3O/c1-3-12(2)15(13-7-5-4-6-8-13)16(20)19-11-14-17-9-10-18-14/h4-10,12,15H,3,11H2,1-2H3,(H,17,18)(H,19,20). The van der Waals surface area contributed by atoms with E-state index in [-0.39, 0.29) is 11.8 Å². The van der Waals surface area contributed by atoms with Gasteiger partial charge in [-0.05, 0) is 11.5 Å². The quantitative estimate of drug-likeness (QED) is 0.848. The van der Waals surface area contributed by atoms with Crippen LogP contribution in [0.4, 0.5) is 0 Å². The Bertz CT molecular complexity index is 522. The van der Waals surface area contributed by atoms with Crippen molar-refractivity contribution in [2.24, 2.45) is 5.92 Å². The van der Waals surface area contributed by atoms with Crippen LogP contribution in [0.15, 0.2) is 42.7 Å². The second-order valence-electron chi connectivity index (χ2n) is 5.03. The van der Waals surface area contributed by atoms with Crippen molar-refractivity contribution in [2.45, 2.75) is 32.7 Å². The summed E-state index contributed by atoms with van der Waals surface area (Å²) in [5.41, 5.74) is 1.07. The van der Waals surface area contributed by atoms with Crippen molar-refractivity contribution in [1.29, 1.82) is 0 Å². The molecule has 0 bridgehead atoms. The number of benzene rings is 1. The molecule has 2 rings (SSSR count). The molecular formula is C16H21N3O. The van der Waals surface area contributed by atoms with Crippen molar-refractivity contribution in [2.75, 3.05) is 0 Å². The van der Waals surface area contributed by atoms with Crippen molar-refractivity contribution in [1.82, 2.24) is 15.3 Å². The Morgan fingerprint density at radius 1 is 1.35 bits per heavy atom. The van der Waals surface area contributed by atoms with E-state index in [1.165, 1.54) is 0 Å². The van der Waals surface area contributed by atoms with Gasteiger partial charge < -0.3 is 10.3 Å². The van der Waals surface area contributed by atoms with E-state index < -0.39 is 0 Å². The Balaban J connectivity index is 2.08. The van der Waals surface area contributed by atoms with Gasteiger partial charge in [0.15, 0.2) is 0 Å². The highest BCUT2D eigenvalue weighted by Gasteiger charge is 2.25. The van der Waals surface area contributed by atoms with Crippen molar-refractivity contribution >= 4 is 5.91 Å². The van der Waals surface area contributed by atoms with Gasteiger partial charge in [-0.1, -0.05) is 50.6 Å². The van der Waals surface area contributed by atoms with Crippen LogP contribution in [-0.4, -0.2) is 15.9 Å². The number of nitrogens with zero attached hydrogens (tertiary/aromatic N) is 1. The lowest BCUT2D eigenvalue weighted by atomic mass is 9.85. The second-order valence-corrected chi connectivity index (χ2v) is 5.03. The summed E-state index contributed by atoms with van der Waals surface area (Å²) in [6, 6.07) is 9.96. The van der Waals surface area contributed by atoms with E-state index in [4.69, 9.17) is 0 Å². The highest BCUT2D eigenvalue weighted by Crippen LogP contribution is 2.27. The maximum Gasteiger partial charge on any atom is 0.228 e. The zero-order chi connectivity index (χ0) is 14.4. The van der Waals surface area contributed by atoms with Gasteiger partial charge in [-0.2, -0.15) is 0 Å². The first-order valence-electron chi connectivity index (χ1n) is 7.03. The third-order valence-electron chi connectivity index (χ3n) is 3.64. The summed E-state index contributed by atoms with van der Waals surface area (Å²) in [4.78, 5) is 19.6. The first kappa shape index (κ1) is 14.3. The molecule has 4 nitrogen and oxygen atoms in total. The third-order valence-corrected chi connectivity index (χ3v) is 3.64. The van der Waals surface area contributed by atoms with Gasteiger partial charge in [-0.15, -0.1) is 0 Å². The third kappa shape index (κ3) is 3.47. The molecule has 4 heteroatoms. The molecule has 1 aromatic carbocycles. The number of aromatic nitrogens is 2. The Kier molecular flexibility index (Phi) is 4.93. The molecule has 0 aliphatic heterocycles. The maximum absolute atomic E-state index is 12.5. The van der Waals surface area contributed by atoms with Gasteiger partial charge >= 0.3 is 0 Å². The smallest absolute Gasteiger partial charge is 0.228 e. The van der Waals surface area contributed by atoms with E-state index in [0.29, 0.717) is 12.5 Å². The normalized spacial score (nSPS) is 13.7. The summed E-state index contributed by atoms with van der Waals surface area (Å²) < 4.78 is 0. The molecule has 0 aliphatic rings. The summed E-state index contributed by atoms with van der Waals surface area (Å²) >= 11 is 0. The number of rotatable bonds is 6.